The number of aliphatic hydroxyl groups excluding tert-OH is 1. The van der Waals surface area contributed by atoms with E-state index >= 15 is 0 Å². The molecule has 0 radical (unpaired) electrons. The number of halogens is 3. The molecule has 0 aliphatic rings. The normalized spacial score (nSPS) is 11.8. The van der Waals surface area contributed by atoms with Gasteiger partial charge in [0.1, 0.15) is 6.04 Å². The second kappa shape index (κ2) is 27.8. The van der Waals surface area contributed by atoms with Gasteiger partial charge in [-0.2, -0.15) is 0 Å². The van der Waals surface area contributed by atoms with Crippen LogP contribution in [-0.2, 0) is 35.2 Å². The Bertz CT molecular complexity index is 1230. The molecule has 0 fully saturated rings. The fourth-order valence-electron chi connectivity index (χ4n) is 4.32. The van der Waals surface area contributed by atoms with Gasteiger partial charge in [-0.05, 0) is 49.8 Å². The zero-order valence-corrected chi connectivity index (χ0v) is 29.9. The van der Waals surface area contributed by atoms with Crippen LogP contribution in [0.3, 0.4) is 0 Å². The molecule has 0 aliphatic heterocycles. The Morgan fingerprint density at radius 3 is 1.88 bits per heavy atom. The van der Waals surface area contributed by atoms with Crippen molar-refractivity contribution >= 4 is 84.4 Å². The molecule has 0 unspecified atom stereocenters. The van der Waals surface area contributed by atoms with E-state index in [4.69, 9.17) is 32.8 Å². The number of hydrogen-bond acceptors (Lipinski definition) is 10. The SMILES string of the molecule is Cl.Cl.Cl.N=C(N)Nc1ccc(CCCC(=O)N[C@@H](CO)C(=O)NCCCCN(CCCNC(=O)[C@@H](N)CC(=O)O)C(=O)[C@@H](N)CC(=O)O)cc1. The van der Waals surface area contributed by atoms with E-state index in [1.54, 1.807) is 12.1 Å². The van der Waals surface area contributed by atoms with Crippen LogP contribution in [0, 0.1) is 5.41 Å². The number of guanidine groups is 1. The van der Waals surface area contributed by atoms with Crippen LogP contribution in [0.1, 0.15) is 50.5 Å². The number of hydrogen-bond donors (Lipinski definition) is 11. The minimum atomic E-state index is -1.28. The van der Waals surface area contributed by atoms with Gasteiger partial charge in [-0.1, -0.05) is 12.1 Å². The predicted octanol–water partition coefficient (Wildman–Crippen LogP) is -1.11. The van der Waals surface area contributed by atoms with E-state index in [0.29, 0.717) is 31.4 Å². The average molecular weight is 775 g/mol. The van der Waals surface area contributed by atoms with Gasteiger partial charge in [0.15, 0.2) is 5.96 Å². The van der Waals surface area contributed by atoms with Crippen LogP contribution < -0.4 is 38.5 Å². The Labute approximate surface area is 308 Å². The molecule has 0 heterocycles. The molecule has 1 rings (SSSR count). The summed E-state index contributed by atoms with van der Waals surface area (Å²) < 4.78 is 0. The highest BCUT2D eigenvalue weighted by molar-refractivity contribution is 5.90. The molecule has 1 aromatic carbocycles. The third-order valence-corrected chi connectivity index (χ3v) is 6.75. The van der Waals surface area contributed by atoms with Crippen molar-refractivity contribution in [3.8, 4) is 0 Å². The van der Waals surface area contributed by atoms with Crippen molar-refractivity contribution in [1.29, 1.82) is 5.41 Å². The number of carbonyl (C=O) groups is 6. The van der Waals surface area contributed by atoms with Gasteiger partial charge >= 0.3 is 11.9 Å². The Morgan fingerprint density at radius 2 is 1.32 bits per heavy atom. The molecule has 1 aromatic rings. The van der Waals surface area contributed by atoms with Gasteiger partial charge in [0.2, 0.25) is 23.6 Å². The molecule has 14 N–H and O–H groups in total. The van der Waals surface area contributed by atoms with Crippen molar-refractivity contribution in [3.05, 3.63) is 29.8 Å². The van der Waals surface area contributed by atoms with E-state index in [1.165, 1.54) is 4.90 Å². The maximum Gasteiger partial charge on any atom is 0.305 e. The summed E-state index contributed by atoms with van der Waals surface area (Å²) in [6, 6.07) is 3.56. The molecule has 0 spiro atoms. The summed E-state index contributed by atoms with van der Waals surface area (Å²) in [7, 11) is 0. The third kappa shape index (κ3) is 21.9. The van der Waals surface area contributed by atoms with E-state index in [1.807, 2.05) is 12.1 Å². The Kier molecular flexibility index (Phi) is 28.1. The molecule has 18 nitrogen and oxygen atoms in total. The van der Waals surface area contributed by atoms with Crippen molar-refractivity contribution in [2.24, 2.45) is 17.2 Å². The van der Waals surface area contributed by atoms with Crippen LogP contribution in [0.5, 0.6) is 0 Å². The molecular formula is C29H50Cl3N9O9. The minimum Gasteiger partial charge on any atom is -0.481 e. The second-order valence-corrected chi connectivity index (χ2v) is 10.8. The lowest BCUT2D eigenvalue weighted by atomic mass is 10.1. The fourth-order valence-corrected chi connectivity index (χ4v) is 4.32. The molecule has 50 heavy (non-hydrogen) atoms. The van der Waals surface area contributed by atoms with E-state index in [-0.39, 0.29) is 82.2 Å². The Balaban J connectivity index is -0.00000736. The van der Waals surface area contributed by atoms with Crippen molar-refractivity contribution in [3.63, 3.8) is 0 Å². The number of carboxylic acid groups (broad SMARTS) is 2. The number of carboxylic acids is 2. The van der Waals surface area contributed by atoms with Crippen LogP contribution in [0.2, 0.25) is 0 Å². The first kappa shape index (κ1) is 50.4. The number of rotatable bonds is 23. The van der Waals surface area contributed by atoms with Crippen LogP contribution in [-0.4, -0.2) is 113 Å². The molecule has 0 aliphatic carbocycles. The quantitative estimate of drug-likeness (QED) is 0.0358. The number of nitrogens with two attached hydrogens (primary N) is 3. The number of amides is 4. The largest absolute Gasteiger partial charge is 0.481 e. The summed E-state index contributed by atoms with van der Waals surface area (Å²) in [6.45, 7) is -0.0653. The number of aliphatic carboxylic acids is 2. The maximum absolute atomic E-state index is 12.8. The van der Waals surface area contributed by atoms with Gasteiger partial charge in [-0.25, -0.2) is 0 Å². The van der Waals surface area contributed by atoms with Crippen molar-refractivity contribution < 1.29 is 44.1 Å². The lowest BCUT2D eigenvalue weighted by Gasteiger charge is -2.25. The smallest absolute Gasteiger partial charge is 0.305 e. The lowest BCUT2D eigenvalue weighted by Crippen LogP contribution is -2.49. The number of benzene rings is 1. The van der Waals surface area contributed by atoms with E-state index in [0.717, 1.165) is 5.56 Å². The zero-order valence-electron chi connectivity index (χ0n) is 27.4. The standard InChI is InChI=1S/C29H47N9O9.3ClH/c30-20(15-24(41)42)26(45)34-12-4-14-38(28(47)21(31)16-25(43)44)13-2-1-11-35-27(46)22(17-39)37-23(40)6-3-5-18-7-9-19(10-8-18)36-29(32)33;;;/h7-10,20-22,39H,1-6,11-17,30-31H2,(H,34,45)(H,35,46)(H,37,40)(H,41,42)(H,43,44)(H4,32,33,36);3*1H/t20-,21-,22-;;;/m0.../s1. The molecule has 21 heteroatoms. The van der Waals surface area contributed by atoms with E-state index in [9.17, 15) is 33.9 Å². The minimum absolute atomic E-state index is 0. The highest BCUT2D eigenvalue weighted by atomic mass is 35.5. The topological polar surface area (TPSA) is 316 Å². The van der Waals surface area contributed by atoms with Crippen LogP contribution in [0.15, 0.2) is 24.3 Å². The van der Waals surface area contributed by atoms with Crippen LogP contribution in [0.25, 0.3) is 0 Å². The Morgan fingerprint density at radius 1 is 0.780 bits per heavy atom. The molecule has 3 atom stereocenters. The molecule has 0 saturated heterocycles. The summed E-state index contributed by atoms with van der Waals surface area (Å²) in [6.07, 6.45) is 1.16. The fraction of sp³-hybridized carbons (Fsp3) is 0.552. The summed E-state index contributed by atoms with van der Waals surface area (Å²) in [4.78, 5) is 72.6. The summed E-state index contributed by atoms with van der Waals surface area (Å²) in [5, 5.41) is 44.9. The zero-order chi connectivity index (χ0) is 35.4. The number of anilines is 1. The van der Waals surface area contributed by atoms with Gasteiger partial charge in [0, 0.05) is 38.3 Å². The first-order chi connectivity index (χ1) is 22.2. The van der Waals surface area contributed by atoms with Gasteiger partial charge in [-0.3, -0.25) is 34.2 Å². The lowest BCUT2D eigenvalue weighted by molar-refractivity contribution is -0.142. The molecule has 0 aromatic heterocycles. The van der Waals surface area contributed by atoms with E-state index < -0.39 is 73.1 Å². The number of aliphatic hydroxyl groups is 1. The van der Waals surface area contributed by atoms with Gasteiger partial charge < -0.3 is 58.7 Å². The summed E-state index contributed by atoms with van der Waals surface area (Å²) in [5.74, 6) is -4.88. The molecule has 0 saturated carbocycles. The molecular weight excluding hydrogens is 725 g/mol. The highest BCUT2D eigenvalue weighted by Crippen LogP contribution is 2.11. The van der Waals surface area contributed by atoms with E-state index in [2.05, 4.69) is 21.3 Å². The van der Waals surface area contributed by atoms with Crippen LogP contribution in [0.4, 0.5) is 5.69 Å². The monoisotopic (exact) mass is 773 g/mol. The molecule has 0 bridgehead atoms. The first-order valence-electron chi connectivity index (χ1n) is 15.1. The Hall–Kier alpha value is -3.94. The number of unbranched alkanes of at least 4 members (excludes halogenated alkanes) is 1. The number of nitrogens with one attached hydrogen (secondary N) is 5. The summed E-state index contributed by atoms with van der Waals surface area (Å²) in [5.41, 5.74) is 18.2. The van der Waals surface area contributed by atoms with Gasteiger partial charge in [-0.15, -0.1) is 37.2 Å². The van der Waals surface area contributed by atoms with Crippen molar-refractivity contribution in [2.45, 2.75) is 69.5 Å². The molecule has 4 amide bonds. The first-order valence-corrected chi connectivity index (χ1v) is 15.1. The molecule has 286 valence electrons. The van der Waals surface area contributed by atoms with Crippen LogP contribution >= 0.6 is 37.2 Å². The average Bonchev–Trinajstić information content (AvgIpc) is 2.99. The van der Waals surface area contributed by atoms with Gasteiger partial charge in [0.05, 0.1) is 31.5 Å². The van der Waals surface area contributed by atoms with Crippen molar-refractivity contribution in [1.82, 2.24) is 20.9 Å². The number of aryl methyl sites for hydroxylation is 1. The summed E-state index contributed by atoms with van der Waals surface area (Å²) >= 11 is 0. The third-order valence-electron chi connectivity index (χ3n) is 6.75. The van der Waals surface area contributed by atoms with Gasteiger partial charge in [0.25, 0.3) is 0 Å². The van der Waals surface area contributed by atoms with Crippen molar-refractivity contribution in [2.75, 3.05) is 38.1 Å². The predicted molar refractivity (Wildman–Crippen MR) is 193 cm³/mol. The number of nitrogens with zero attached hydrogens (tertiary/aromatic N) is 1. The maximum atomic E-state index is 12.8. The highest BCUT2D eigenvalue weighted by Gasteiger charge is 2.24. The second-order valence-electron chi connectivity index (χ2n) is 10.8. The number of carbonyl (C=O) groups excluding carboxylic acids is 4.